The summed E-state index contributed by atoms with van der Waals surface area (Å²) in [6.45, 7) is 6.13. The fourth-order valence-corrected chi connectivity index (χ4v) is 4.33. The Morgan fingerprint density at radius 3 is 2.42 bits per heavy atom. The average molecular weight is 450 g/mol. The Morgan fingerprint density at radius 2 is 1.73 bits per heavy atom. The van der Waals surface area contributed by atoms with Crippen molar-refractivity contribution in [3.8, 4) is 22.5 Å². The number of carbonyl (C=O) groups excluding carboxylic acids is 1. The van der Waals surface area contributed by atoms with E-state index < -0.39 is 0 Å². The first kappa shape index (κ1) is 21.3. The molecule has 10 nitrogen and oxygen atoms in total. The lowest BCUT2D eigenvalue weighted by Gasteiger charge is -2.30. The zero-order chi connectivity index (χ0) is 22.8. The van der Waals surface area contributed by atoms with Gasteiger partial charge in [-0.05, 0) is 31.9 Å². The van der Waals surface area contributed by atoms with Crippen LogP contribution in [0.1, 0.15) is 18.6 Å². The number of hydrogen-bond acceptors (Lipinski definition) is 9. The van der Waals surface area contributed by atoms with Crippen molar-refractivity contribution < 1.29 is 13.9 Å². The molecule has 3 aromatic heterocycles. The van der Waals surface area contributed by atoms with E-state index in [0.717, 1.165) is 41.4 Å². The Balaban J connectivity index is 1.50. The largest absolute Gasteiger partial charge is 0.469 e. The predicted molar refractivity (Wildman–Crippen MR) is 123 cm³/mol. The number of hydrogen-bond donors (Lipinski definition) is 1. The van der Waals surface area contributed by atoms with Gasteiger partial charge in [0.15, 0.2) is 0 Å². The number of morpholine rings is 1. The van der Waals surface area contributed by atoms with Crippen molar-refractivity contribution in [3.05, 3.63) is 36.5 Å². The van der Waals surface area contributed by atoms with Crippen LogP contribution < -0.4 is 15.5 Å². The summed E-state index contributed by atoms with van der Waals surface area (Å²) >= 11 is 0. The third kappa shape index (κ3) is 4.38. The van der Waals surface area contributed by atoms with E-state index in [4.69, 9.17) is 24.9 Å². The van der Waals surface area contributed by atoms with Gasteiger partial charge >= 0.3 is 0 Å². The summed E-state index contributed by atoms with van der Waals surface area (Å²) in [6, 6.07) is 3.79. The minimum atomic E-state index is -0.236. The number of anilines is 2. The molecule has 3 aromatic rings. The quantitative estimate of drug-likeness (QED) is 0.623. The summed E-state index contributed by atoms with van der Waals surface area (Å²) in [4.78, 5) is 34.6. The van der Waals surface area contributed by atoms with Gasteiger partial charge < -0.3 is 24.7 Å². The normalized spacial score (nSPS) is 17.4. The molecular formula is C23H27N7O3. The van der Waals surface area contributed by atoms with Gasteiger partial charge in [-0.3, -0.25) is 4.79 Å². The summed E-state index contributed by atoms with van der Waals surface area (Å²) in [5.74, 6) is 1.75. The molecule has 0 aromatic carbocycles. The van der Waals surface area contributed by atoms with E-state index in [1.807, 2.05) is 25.3 Å². The van der Waals surface area contributed by atoms with Crippen LogP contribution in [0.25, 0.3) is 22.5 Å². The number of aromatic nitrogens is 4. The van der Waals surface area contributed by atoms with Crippen molar-refractivity contribution in [2.24, 2.45) is 11.7 Å². The minimum absolute atomic E-state index is 0.0873. The molecule has 5 rings (SSSR count). The maximum Gasteiger partial charge on any atom is 0.226 e. The molecule has 33 heavy (non-hydrogen) atoms. The first-order chi connectivity index (χ1) is 16.1. The maximum atomic E-state index is 11.5. The van der Waals surface area contributed by atoms with Crippen LogP contribution in [0.4, 0.5) is 11.9 Å². The van der Waals surface area contributed by atoms with Crippen LogP contribution in [0.3, 0.4) is 0 Å². The number of nitrogens with two attached hydrogens (primary N) is 1. The van der Waals surface area contributed by atoms with Crippen LogP contribution in [0, 0.1) is 12.8 Å². The van der Waals surface area contributed by atoms with Crippen molar-refractivity contribution in [1.29, 1.82) is 0 Å². The number of piperidine rings is 1. The van der Waals surface area contributed by atoms with Crippen molar-refractivity contribution >= 4 is 17.8 Å². The molecule has 0 atom stereocenters. The first-order valence-electron chi connectivity index (χ1n) is 11.2. The van der Waals surface area contributed by atoms with Crippen molar-refractivity contribution in [2.45, 2.75) is 19.8 Å². The van der Waals surface area contributed by atoms with E-state index in [0.29, 0.717) is 51.0 Å². The molecular weight excluding hydrogens is 422 g/mol. The van der Waals surface area contributed by atoms with E-state index in [1.54, 1.807) is 12.5 Å². The van der Waals surface area contributed by atoms with E-state index in [9.17, 15) is 4.79 Å². The lowest BCUT2D eigenvalue weighted by Crippen LogP contribution is -2.39. The van der Waals surface area contributed by atoms with Crippen molar-refractivity contribution in [1.82, 2.24) is 19.9 Å². The number of furan rings is 1. The number of amides is 1. The first-order valence-corrected chi connectivity index (χ1v) is 11.2. The molecule has 0 radical (unpaired) electrons. The Labute approximate surface area is 191 Å². The van der Waals surface area contributed by atoms with E-state index in [-0.39, 0.29) is 11.8 Å². The minimum Gasteiger partial charge on any atom is -0.469 e. The maximum absolute atomic E-state index is 11.5. The highest BCUT2D eigenvalue weighted by Crippen LogP contribution is 2.34. The van der Waals surface area contributed by atoms with Crippen LogP contribution >= 0.6 is 0 Å². The zero-order valence-electron chi connectivity index (χ0n) is 18.6. The average Bonchev–Trinajstić information content (AvgIpc) is 3.30. The third-order valence-corrected chi connectivity index (χ3v) is 6.28. The monoisotopic (exact) mass is 449 g/mol. The number of rotatable bonds is 5. The van der Waals surface area contributed by atoms with Crippen LogP contribution in [-0.4, -0.2) is 65.2 Å². The summed E-state index contributed by atoms with van der Waals surface area (Å²) in [7, 11) is 0. The highest BCUT2D eigenvalue weighted by atomic mass is 16.5. The molecule has 0 aliphatic carbocycles. The molecule has 2 aliphatic heterocycles. The number of primary amides is 1. The second-order valence-corrected chi connectivity index (χ2v) is 8.33. The van der Waals surface area contributed by atoms with Crippen LogP contribution in [-0.2, 0) is 9.53 Å². The second-order valence-electron chi connectivity index (χ2n) is 8.33. The van der Waals surface area contributed by atoms with Gasteiger partial charge in [0.2, 0.25) is 17.8 Å². The molecule has 0 unspecified atom stereocenters. The molecule has 1 amide bonds. The molecule has 5 heterocycles. The molecule has 0 saturated carbocycles. The fraction of sp³-hybridized carbons (Fsp3) is 0.435. The van der Waals surface area contributed by atoms with Gasteiger partial charge in [0.05, 0.1) is 30.9 Å². The molecule has 2 aliphatic rings. The van der Waals surface area contributed by atoms with Gasteiger partial charge in [-0.1, -0.05) is 0 Å². The van der Waals surface area contributed by atoms with Gasteiger partial charge in [0, 0.05) is 55.6 Å². The fourth-order valence-electron chi connectivity index (χ4n) is 4.33. The molecule has 0 spiro atoms. The smallest absolute Gasteiger partial charge is 0.226 e. The number of nitrogens with zero attached hydrogens (tertiary/aromatic N) is 6. The van der Waals surface area contributed by atoms with Crippen LogP contribution in [0.5, 0.6) is 0 Å². The van der Waals surface area contributed by atoms with Crippen LogP contribution in [0.2, 0.25) is 0 Å². The Bertz CT molecular complexity index is 1130. The Hall–Kier alpha value is -3.53. The number of aryl methyl sites for hydroxylation is 1. The van der Waals surface area contributed by atoms with Gasteiger partial charge in [-0.25, -0.2) is 19.9 Å². The lowest BCUT2D eigenvalue weighted by molar-refractivity contribution is -0.122. The van der Waals surface area contributed by atoms with E-state index in [1.165, 1.54) is 0 Å². The van der Waals surface area contributed by atoms with E-state index in [2.05, 4.69) is 19.8 Å². The highest BCUT2D eigenvalue weighted by Gasteiger charge is 2.26. The van der Waals surface area contributed by atoms with E-state index >= 15 is 0 Å². The second kappa shape index (κ2) is 9.14. The summed E-state index contributed by atoms with van der Waals surface area (Å²) in [6.07, 6.45) is 6.65. The summed E-state index contributed by atoms with van der Waals surface area (Å²) in [5.41, 5.74) is 8.70. The molecule has 2 N–H and O–H groups in total. The molecule has 2 saturated heterocycles. The lowest BCUT2D eigenvalue weighted by atomic mass is 9.96. The highest BCUT2D eigenvalue weighted by molar-refractivity contribution is 5.80. The number of carbonyl (C=O) groups is 1. The SMILES string of the molecule is Cc1occc1-c1nc(N2CCC(C(N)=O)CC2)ncc1-c1ccnc(N2CCOCC2)n1. The van der Waals surface area contributed by atoms with Gasteiger partial charge in [0.1, 0.15) is 5.76 Å². The van der Waals surface area contributed by atoms with Gasteiger partial charge in [-0.2, -0.15) is 0 Å². The summed E-state index contributed by atoms with van der Waals surface area (Å²) < 4.78 is 11.0. The molecule has 0 bridgehead atoms. The van der Waals surface area contributed by atoms with Crippen LogP contribution in [0.15, 0.2) is 35.2 Å². The van der Waals surface area contributed by atoms with Crippen molar-refractivity contribution in [3.63, 3.8) is 0 Å². The van der Waals surface area contributed by atoms with Gasteiger partial charge in [0.25, 0.3) is 0 Å². The van der Waals surface area contributed by atoms with Crippen molar-refractivity contribution in [2.75, 3.05) is 49.2 Å². The topological polar surface area (TPSA) is 124 Å². The predicted octanol–water partition coefficient (Wildman–Crippen LogP) is 2.04. The molecule has 10 heteroatoms. The van der Waals surface area contributed by atoms with Gasteiger partial charge in [-0.15, -0.1) is 0 Å². The third-order valence-electron chi connectivity index (χ3n) is 6.28. The molecule has 172 valence electrons. The Kier molecular flexibility index (Phi) is 5.91. The Morgan fingerprint density at radius 1 is 1.00 bits per heavy atom. The zero-order valence-corrected chi connectivity index (χ0v) is 18.6. The number of ether oxygens (including phenoxy) is 1. The standard InChI is InChI=1S/C23H27N7O3/c1-15-17(5-11-33-15)20-18(19-2-6-25-22(27-19)30-9-12-32-13-10-30)14-26-23(28-20)29-7-3-16(4-8-29)21(24)31/h2,5-6,11,14,16H,3-4,7-10,12-13H2,1H3,(H2,24,31). The molecule has 2 fully saturated rings. The summed E-state index contributed by atoms with van der Waals surface area (Å²) in [5, 5.41) is 0.